The Kier molecular flexibility index (Phi) is 3.79. The second kappa shape index (κ2) is 6.34. The van der Waals surface area contributed by atoms with Gasteiger partial charge in [0, 0.05) is 18.5 Å². The number of para-hydroxylation sites is 1. The van der Waals surface area contributed by atoms with Crippen LogP contribution in [0.25, 0.3) is 11.3 Å². The van der Waals surface area contributed by atoms with E-state index in [1.165, 1.54) is 0 Å². The maximum atomic E-state index is 13.0. The minimum absolute atomic E-state index is 0.0732. The number of aromatic amines is 1. The third-order valence-electron chi connectivity index (χ3n) is 5.48. The van der Waals surface area contributed by atoms with Gasteiger partial charge in [0.15, 0.2) is 5.78 Å². The fourth-order valence-corrected chi connectivity index (χ4v) is 4.05. The summed E-state index contributed by atoms with van der Waals surface area (Å²) < 4.78 is 6.20. The molecule has 6 heteroatoms. The fraction of sp³-hybridized carbons (Fsp3) is 0.227. The third kappa shape index (κ3) is 2.78. The lowest BCUT2D eigenvalue weighted by molar-refractivity contribution is 0.0427. The van der Waals surface area contributed by atoms with Crippen LogP contribution >= 0.6 is 0 Å². The molecule has 2 aliphatic rings. The molecule has 1 saturated heterocycles. The minimum atomic E-state index is -0.636. The van der Waals surface area contributed by atoms with Crippen LogP contribution in [-0.4, -0.2) is 45.5 Å². The van der Waals surface area contributed by atoms with Crippen LogP contribution in [0, 0.1) is 0 Å². The van der Waals surface area contributed by atoms with Crippen LogP contribution in [0.3, 0.4) is 0 Å². The van der Waals surface area contributed by atoms with E-state index in [0.717, 1.165) is 11.3 Å². The number of H-pyrrole nitrogens is 1. The molecule has 3 heterocycles. The van der Waals surface area contributed by atoms with E-state index in [-0.39, 0.29) is 11.7 Å². The zero-order valence-corrected chi connectivity index (χ0v) is 15.2. The Morgan fingerprint density at radius 1 is 1.11 bits per heavy atom. The number of likely N-dealkylation sites (tertiary alicyclic amines) is 1. The largest absolute Gasteiger partial charge is 0.484 e. The second-order valence-corrected chi connectivity index (χ2v) is 7.39. The monoisotopic (exact) mass is 373 g/mol. The van der Waals surface area contributed by atoms with E-state index in [0.29, 0.717) is 42.9 Å². The second-order valence-electron chi connectivity index (χ2n) is 7.39. The van der Waals surface area contributed by atoms with E-state index in [9.17, 15) is 9.59 Å². The van der Waals surface area contributed by atoms with Crippen LogP contribution in [0.2, 0.25) is 0 Å². The number of amides is 1. The average molecular weight is 373 g/mol. The Balaban J connectivity index is 1.35. The molecule has 1 N–H and O–H groups in total. The Bertz CT molecular complexity index is 1060. The Hall–Kier alpha value is -3.41. The summed E-state index contributed by atoms with van der Waals surface area (Å²) in [6.45, 7) is 0.944. The molecule has 28 heavy (non-hydrogen) atoms. The summed E-state index contributed by atoms with van der Waals surface area (Å²) in [4.78, 5) is 27.3. The lowest BCUT2D eigenvalue weighted by Crippen LogP contribution is -2.45. The number of Topliss-reactive ketones (excluding diaryl/α,β-unsaturated/α-hetero) is 1. The molecular formula is C22H19N3O3. The predicted molar refractivity (Wildman–Crippen MR) is 103 cm³/mol. The van der Waals surface area contributed by atoms with Gasteiger partial charge in [-0.1, -0.05) is 42.5 Å². The van der Waals surface area contributed by atoms with Crippen molar-refractivity contribution in [2.24, 2.45) is 0 Å². The lowest BCUT2D eigenvalue weighted by Gasteiger charge is -2.34. The summed E-state index contributed by atoms with van der Waals surface area (Å²) in [6.07, 6.45) is 0.935. The van der Waals surface area contributed by atoms with Gasteiger partial charge in [0.2, 0.25) is 0 Å². The molecular weight excluding hydrogens is 354 g/mol. The van der Waals surface area contributed by atoms with E-state index in [1.54, 1.807) is 17.0 Å². The normalized spacial score (nSPS) is 20.9. The molecule has 1 aromatic heterocycles. The smallest absolute Gasteiger partial charge is 0.272 e. The number of fused-ring (bicyclic) bond motifs is 1. The Morgan fingerprint density at radius 3 is 2.75 bits per heavy atom. The molecule has 5 rings (SSSR count). The highest BCUT2D eigenvalue weighted by Gasteiger charge is 2.47. The molecule has 1 spiro atoms. The summed E-state index contributed by atoms with van der Waals surface area (Å²) in [5, 5.41) is 7.11. The molecule has 0 aliphatic carbocycles. The number of hydrogen-bond donors (Lipinski definition) is 1. The molecule has 0 radical (unpaired) electrons. The number of nitrogens with zero attached hydrogens (tertiary/aromatic N) is 2. The minimum Gasteiger partial charge on any atom is -0.484 e. The predicted octanol–water partition coefficient (Wildman–Crippen LogP) is 3.33. The van der Waals surface area contributed by atoms with Crippen molar-refractivity contribution < 1.29 is 14.3 Å². The first kappa shape index (κ1) is 16.7. The molecule has 1 amide bonds. The Morgan fingerprint density at radius 2 is 1.89 bits per heavy atom. The van der Waals surface area contributed by atoms with E-state index < -0.39 is 5.60 Å². The summed E-state index contributed by atoms with van der Waals surface area (Å²) in [5.41, 5.74) is 2.12. The first-order chi connectivity index (χ1) is 13.6. The number of nitrogens with one attached hydrogen (secondary N) is 1. The molecule has 6 nitrogen and oxygen atoms in total. The van der Waals surface area contributed by atoms with Crippen molar-refractivity contribution in [3.63, 3.8) is 0 Å². The number of carbonyl (C=O) groups is 2. The van der Waals surface area contributed by atoms with Gasteiger partial charge in [-0.15, -0.1) is 0 Å². The number of ether oxygens (including phenoxy) is 1. The highest BCUT2D eigenvalue weighted by molar-refractivity contribution is 6.00. The number of carbonyl (C=O) groups excluding carboxylic acids is 2. The van der Waals surface area contributed by atoms with E-state index in [4.69, 9.17) is 4.74 Å². The number of benzene rings is 2. The number of hydrogen-bond acceptors (Lipinski definition) is 4. The molecule has 140 valence electrons. The van der Waals surface area contributed by atoms with Crippen molar-refractivity contribution in [2.75, 3.05) is 13.1 Å². The Labute approximate surface area is 162 Å². The highest BCUT2D eigenvalue weighted by atomic mass is 16.5. The quantitative estimate of drug-likeness (QED) is 0.748. The van der Waals surface area contributed by atoms with E-state index in [1.807, 2.05) is 48.5 Å². The summed E-state index contributed by atoms with van der Waals surface area (Å²) >= 11 is 0. The van der Waals surface area contributed by atoms with Gasteiger partial charge in [-0.25, -0.2) is 0 Å². The first-order valence-electron chi connectivity index (χ1n) is 9.35. The SMILES string of the molecule is O=C1CC2(CCN(C(=O)c3cc(-c4ccccc4)n[nH]3)C2)Oc2ccccc21. The molecule has 2 aliphatic heterocycles. The fourth-order valence-electron chi connectivity index (χ4n) is 4.05. The topological polar surface area (TPSA) is 75.3 Å². The zero-order valence-electron chi connectivity index (χ0n) is 15.2. The van der Waals surface area contributed by atoms with Gasteiger partial charge in [-0.2, -0.15) is 5.10 Å². The van der Waals surface area contributed by atoms with E-state index >= 15 is 0 Å². The molecule has 3 aromatic rings. The summed E-state index contributed by atoms with van der Waals surface area (Å²) in [5.74, 6) is 0.562. The molecule has 2 aromatic carbocycles. The van der Waals surface area contributed by atoms with Gasteiger partial charge in [0.1, 0.15) is 17.0 Å². The maximum absolute atomic E-state index is 13.0. The maximum Gasteiger partial charge on any atom is 0.272 e. The number of rotatable bonds is 2. The molecule has 1 atom stereocenters. The van der Waals surface area contributed by atoms with Crippen molar-refractivity contribution in [1.82, 2.24) is 15.1 Å². The third-order valence-corrected chi connectivity index (χ3v) is 5.48. The van der Waals surface area contributed by atoms with Crippen LogP contribution in [-0.2, 0) is 0 Å². The standard InChI is InChI=1S/C22H19N3O3/c26-19-13-22(28-20-9-5-4-8-16(19)20)10-11-25(14-22)21(27)18-12-17(23-24-18)15-6-2-1-3-7-15/h1-9,12H,10-11,13-14H2,(H,23,24). The van der Waals surface area contributed by atoms with Crippen LogP contribution in [0.4, 0.5) is 0 Å². The van der Waals surface area contributed by atoms with Gasteiger partial charge in [-0.3, -0.25) is 14.7 Å². The van der Waals surface area contributed by atoms with Crippen molar-refractivity contribution in [3.05, 3.63) is 71.9 Å². The van der Waals surface area contributed by atoms with Crippen LogP contribution in [0.15, 0.2) is 60.7 Å². The summed E-state index contributed by atoms with van der Waals surface area (Å²) in [7, 11) is 0. The first-order valence-corrected chi connectivity index (χ1v) is 9.35. The van der Waals surface area contributed by atoms with Crippen LogP contribution < -0.4 is 4.74 Å². The van der Waals surface area contributed by atoms with Gasteiger partial charge >= 0.3 is 0 Å². The molecule has 1 fully saturated rings. The lowest BCUT2D eigenvalue weighted by atomic mass is 9.89. The van der Waals surface area contributed by atoms with Crippen LogP contribution in [0.5, 0.6) is 5.75 Å². The highest BCUT2D eigenvalue weighted by Crippen LogP contribution is 2.38. The van der Waals surface area contributed by atoms with Gasteiger partial charge in [-0.05, 0) is 18.2 Å². The molecule has 0 bridgehead atoms. The van der Waals surface area contributed by atoms with E-state index in [2.05, 4.69) is 10.2 Å². The number of ketones is 1. The van der Waals surface area contributed by atoms with Crippen molar-refractivity contribution in [1.29, 1.82) is 0 Å². The van der Waals surface area contributed by atoms with Gasteiger partial charge in [0.05, 0.1) is 24.2 Å². The average Bonchev–Trinajstić information content (AvgIpc) is 3.36. The summed E-state index contributed by atoms with van der Waals surface area (Å²) in [6, 6.07) is 18.8. The molecule has 0 saturated carbocycles. The zero-order chi connectivity index (χ0) is 19.1. The molecule has 1 unspecified atom stereocenters. The van der Waals surface area contributed by atoms with Crippen molar-refractivity contribution in [3.8, 4) is 17.0 Å². The van der Waals surface area contributed by atoms with Gasteiger partial charge in [0.25, 0.3) is 5.91 Å². The number of aromatic nitrogens is 2. The van der Waals surface area contributed by atoms with Crippen LogP contribution in [0.1, 0.15) is 33.7 Å². The van der Waals surface area contributed by atoms with Crippen molar-refractivity contribution >= 4 is 11.7 Å². The van der Waals surface area contributed by atoms with Gasteiger partial charge < -0.3 is 9.64 Å². The van der Waals surface area contributed by atoms with Crippen molar-refractivity contribution in [2.45, 2.75) is 18.4 Å².